The molecular formula is C25H28N2O3. The topological polar surface area (TPSA) is 50.8 Å². The second-order valence-electron chi connectivity index (χ2n) is 9.84. The summed E-state index contributed by atoms with van der Waals surface area (Å²) in [6.07, 6.45) is 2.23. The number of hydrogen-bond donors (Lipinski definition) is 1. The van der Waals surface area contributed by atoms with Gasteiger partial charge >= 0.3 is 0 Å². The number of fused-ring (bicyclic) bond motifs is 5. The molecule has 1 unspecified atom stereocenters. The van der Waals surface area contributed by atoms with Crippen LogP contribution in [-0.2, 0) is 15.6 Å². The van der Waals surface area contributed by atoms with Gasteiger partial charge in [-0.2, -0.15) is 0 Å². The van der Waals surface area contributed by atoms with Gasteiger partial charge in [-0.25, -0.2) is 0 Å². The molecule has 2 aromatic carbocycles. The number of ether oxygens (including phenoxy) is 2. The van der Waals surface area contributed by atoms with E-state index in [1.807, 2.05) is 23.1 Å². The molecule has 1 atom stereocenters. The van der Waals surface area contributed by atoms with Crippen molar-refractivity contribution in [3.05, 3.63) is 53.1 Å². The molecule has 0 aromatic heterocycles. The predicted octanol–water partition coefficient (Wildman–Crippen LogP) is 3.38. The summed E-state index contributed by atoms with van der Waals surface area (Å²) in [6.45, 7) is 8.27. The van der Waals surface area contributed by atoms with E-state index in [0.29, 0.717) is 19.1 Å². The van der Waals surface area contributed by atoms with E-state index in [1.54, 1.807) is 0 Å². The van der Waals surface area contributed by atoms with Crippen LogP contribution in [0.2, 0.25) is 0 Å². The first-order chi connectivity index (χ1) is 14.5. The SMILES string of the molecule is CC1(C)COc2cc3c(cc21)C1(CO3)C(=O)N(CC2CCNCC2)c2ccccc21. The Bertz CT molecular complexity index is 1040. The van der Waals surface area contributed by atoms with Crippen LogP contribution in [0.15, 0.2) is 36.4 Å². The van der Waals surface area contributed by atoms with Gasteiger partial charge in [-0.05, 0) is 49.5 Å². The average Bonchev–Trinajstić information content (AvgIpc) is 3.36. The number of nitrogens with one attached hydrogen (secondary N) is 1. The lowest BCUT2D eigenvalue weighted by Crippen LogP contribution is -2.45. The molecule has 0 aliphatic carbocycles. The molecule has 4 heterocycles. The molecular weight excluding hydrogens is 376 g/mol. The van der Waals surface area contributed by atoms with Crippen molar-refractivity contribution in [3.63, 3.8) is 0 Å². The standard InChI is InChI=1S/C25H28N2O3/c1-24(2)14-29-21-12-22-19(11-18(21)24)25(15-30-22)17-5-3-4-6-20(17)27(23(25)28)13-16-7-9-26-10-8-16/h3-6,11-12,16,26H,7-10,13-15H2,1-2H3. The summed E-state index contributed by atoms with van der Waals surface area (Å²) in [6, 6.07) is 12.5. The minimum absolute atomic E-state index is 0.0654. The van der Waals surface area contributed by atoms with E-state index in [2.05, 4.69) is 37.4 Å². The number of amides is 1. The molecule has 5 nitrogen and oxygen atoms in total. The van der Waals surface area contributed by atoms with Crippen LogP contribution in [0.1, 0.15) is 43.4 Å². The van der Waals surface area contributed by atoms with Crippen molar-refractivity contribution in [2.75, 3.05) is 37.7 Å². The molecule has 0 saturated carbocycles. The maximum absolute atomic E-state index is 14.1. The third kappa shape index (κ3) is 2.36. The Kier molecular flexibility index (Phi) is 3.80. The van der Waals surface area contributed by atoms with E-state index in [4.69, 9.17) is 9.47 Å². The lowest BCUT2D eigenvalue weighted by Gasteiger charge is -2.29. The highest BCUT2D eigenvalue weighted by Crippen LogP contribution is 2.55. The van der Waals surface area contributed by atoms with Crippen molar-refractivity contribution in [3.8, 4) is 11.5 Å². The normalized spacial score (nSPS) is 26.3. The van der Waals surface area contributed by atoms with Crippen molar-refractivity contribution in [2.24, 2.45) is 5.92 Å². The monoisotopic (exact) mass is 404 g/mol. The van der Waals surface area contributed by atoms with Crippen molar-refractivity contribution in [1.82, 2.24) is 5.32 Å². The molecule has 1 saturated heterocycles. The predicted molar refractivity (Wildman–Crippen MR) is 116 cm³/mol. The highest BCUT2D eigenvalue weighted by Gasteiger charge is 2.57. The first kappa shape index (κ1) is 18.3. The van der Waals surface area contributed by atoms with Crippen molar-refractivity contribution in [1.29, 1.82) is 0 Å². The van der Waals surface area contributed by atoms with Crippen molar-refractivity contribution < 1.29 is 14.3 Å². The van der Waals surface area contributed by atoms with Crippen LogP contribution in [0.4, 0.5) is 5.69 Å². The van der Waals surface area contributed by atoms with Crippen LogP contribution < -0.4 is 19.7 Å². The number of carbonyl (C=O) groups excluding carboxylic acids is 1. The molecule has 156 valence electrons. The zero-order chi connectivity index (χ0) is 20.5. The van der Waals surface area contributed by atoms with Gasteiger partial charge in [0, 0.05) is 34.8 Å². The zero-order valence-electron chi connectivity index (χ0n) is 17.7. The highest BCUT2D eigenvalue weighted by atomic mass is 16.5. The summed E-state index contributed by atoms with van der Waals surface area (Å²) in [5, 5.41) is 3.43. The lowest BCUT2D eigenvalue weighted by atomic mass is 9.75. The molecule has 5 heteroatoms. The smallest absolute Gasteiger partial charge is 0.245 e. The molecule has 1 fully saturated rings. The summed E-state index contributed by atoms with van der Waals surface area (Å²) in [7, 11) is 0. The van der Waals surface area contributed by atoms with Gasteiger partial charge in [-0.15, -0.1) is 0 Å². The number of rotatable bonds is 2. The Labute approximate surface area is 177 Å². The number of nitrogens with zero attached hydrogens (tertiary/aromatic N) is 1. The highest BCUT2D eigenvalue weighted by molar-refractivity contribution is 6.11. The van der Waals surface area contributed by atoms with E-state index in [-0.39, 0.29) is 11.3 Å². The van der Waals surface area contributed by atoms with Gasteiger partial charge in [-0.3, -0.25) is 4.79 Å². The van der Waals surface area contributed by atoms with Gasteiger partial charge in [0.15, 0.2) is 0 Å². The third-order valence-corrected chi connectivity index (χ3v) is 7.47. The minimum atomic E-state index is -0.744. The fourth-order valence-corrected chi connectivity index (χ4v) is 5.69. The van der Waals surface area contributed by atoms with Gasteiger partial charge in [0.1, 0.15) is 23.5 Å². The van der Waals surface area contributed by atoms with Crippen LogP contribution >= 0.6 is 0 Å². The molecule has 4 aliphatic heterocycles. The van der Waals surface area contributed by atoms with E-state index < -0.39 is 5.41 Å². The molecule has 4 aliphatic rings. The van der Waals surface area contributed by atoms with Crippen LogP contribution in [0.3, 0.4) is 0 Å². The molecule has 1 spiro atoms. The van der Waals surface area contributed by atoms with E-state index in [9.17, 15) is 4.79 Å². The Hall–Kier alpha value is -2.53. The van der Waals surface area contributed by atoms with Crippen LogP contribution in [0.25, 0.3) is 0 Å². The second-order valence-corrected chi connectivity index (χ2v) is 9.84. The van der Waals surface area contributed by atoms with E-state index in [1.165, 1.54) is 5.56 Å². The van der Waals surface area contributed by atoms with Crippen LogP contribution in [0.5, 0.6) is 11.5 Å². The molecule has 0 radical (unpaired) electrons. The third-order valence-electron chi connectivity index (χ3n) is 7.47. The van der Waals surface area contributed by atoms with Gasteiger partial charge in [-0.1, -0.05) is 32.0 Å². The summed E-state index contributed by atoms with van der Waals surface area (Å²) in [4.78, 5) is 16.1. The van der Waals surface area contributed by atoms with E-state index in [0.717, 1.165) is 60.8 Å². The van der Waals surface area contributed by atoms with Crippen LogP contribution in [0, 0.1) is 5.92 Å². The molecule has 2 aromatic rings. The Morgan fingerprint density at radius 3 is 2.57 bits per heavy atom. The van der Waals surface area contributed by atoms with Crippen LogP contribution in [-0.4, -0.2) is 38.8 Å². The van der Waals surface area contributed by atoms with Crippen molar-refractivity contribution in [2.45, 2.75) is 37.5 Å². The average molecular weight is 405 g/mol. The van der Waals surface area contributed by atoms with Crippen molar-refractivity contribution >= 4 is 11.6 Å². The van der Waals surface area contributed by atoms with Gasteiger partial charge in [0.05, 0.1) is 6.61 Å². The molecule has 6 rings (SSSR count). The first-order valence-electron chi connectivity index (χ1n) is 11.1. The maximum Gasteiger partial charge on any atom is 0.245 e. The molecule has 0 bridgehead atoms. The molecule has 1 amide bonds. The summed E-state index contributed by atoms with van der Waals surface area (Å²) in [5.41, 5.74) is 3.50. The van der Waals surface area contributed by atoms with Gasteiger partial charge in [0.25, 0.3) is 0 Å². The number of benzene rings is 2. The quantitative estimate of drug-likeness (QED) is 0.834. The second kappa shape index (κ2) is 6.24. The number of piperidine rings is 1. The Morgan fingerprint density at radius 2 is 1.73 bits per heavy atom. The largest absolute Gasteiger partial charge is 0.492 e. The summed E-state index contributed by atoms with van der Waals surface area (Å²) < 4.78 is 12.1. The minimum Gasteiger partial charge on any atom is -0.492 e. The maximum atomic E-state index is 14.1. The summed E-state index contributed by atoms with van der Waals surface area (Å²) in [5.74, 6) is 2.38. The number of para-hydroxylation sites is 1. The summed E-state index contributed by atoms with van der Waals surface area (Å²) >= 11 is 0. The van der Waals surface area contributed by atoms with E-state index >= 15 is 0 Å². The Morgan fingerprint density at radius 1 is 1.00 bits per heavy atom. The number of anilines is 1. The number of carbonyl (C=O) groups is 1. The number of hydrogen-bond acceptors (Lipinski definition) is 4. The zero-order valence-corrected chi connectivity index (χ0v) is 17.7. The van der Waals surface area contributed by atoms with Gasteiger partial charge < -0.3 is 19.7 Å². The Balaban J connectivity index is 1.47. The molecule has 30 heavy (non-hydrogen) atoms. The fraction of sp³-hybridized carbons (Fsp3) is 0.480. The lowest BCUT2D eigenvalue weighted by molar-refractivity contribution is -0.122. The molecule has 1 N–H and O–H groups in total. The fourth-order valence-electron chi connectivity index (χ4n) is 5.69. The first-order valence-corrected chi connectivity index (χ1v) is 11.1. The van der Waals surface area contributed by atoms with Gasteiger partial charge in [0.2, 0.25) is 5.91 Å².